The maximum atomic E-state index is 13.6. The van der Waals surface area contributed by atoms with Crippen LogP contribution in [0.5, 0.6) is 0 Å². The van der Waals surface area contributed by atoms with E-state index < -0.39 is 11.6 Å². The summed E-state index contributed by atoms with van der Waals surface area (Å²) in [5, 5.41) is 3.37. The minimum Gasteiger partial charge on any atom is -0.371 e. The van der Waals surface area contributed by atoms with Crippen LogP contribution in [0, 0.1) is 18.6 Å². The van der Waals surface area contributed by atoms with Crippen LogP contribution in [0.15, 0.2) is 42.5 Å². The molecule has 25 heavy (non-hydrogen) atoms. The molecule has 0 aliphatic carbocycles. The summed E-state index contributed by atoms with van der Waals surface area (Å²) >= 11 is 0. The predicted molar refractivity (Wildman–Crippen MR) is 91.4 cm³/mol. The number of fused-ring (bicyclic) bond motifs is 1. The number of nitrogens with zero attached hydrogens (tertiary/aromatic N) is 2. The number of ether oxygens (including phenoxy) is 1. The maximum Gasteiger partial charge on any atom is 0.159 e. The van der Waals surface area contributed by atoms with Gasteiger partial charge in [-0.2, -0.15) is 0 Å². The van der Waals surface area contributed by atoms with Crippen molar-refractivity contribution in [1.82, 2.24) is 9.97 Å². The standard InChI is InChI=1S/C19H17F2N3O/c1-11-19(23-16-5-3-2-4-15(16)22-11)24-17-8-9-25-18(17)12-6-7-13(20)14(21)10-12/h2-7,10,17-18H,8-9H2,1H3,(H,23,24). The van der Waals surface area contributed by atoms with E-state index in [1.807, 2.05) is 31.2 Å². The van der Waals surface area contributed by atoms with E-state index in [2.05, 4.69) is 15.3 Å². The summed E-state index contributed by atoms with van der Waals surface area (Å²) in [6.45, 7) is 2.44. The van der Waals surface area contributed by atoms with Crippen LogP contribution in [0.4, 0.5) is 14.6 Å². The normalized spacial score (nSPS) is 20.1. The first-order chi connectivity index (χ1) is 12.1. The van der Waals surface area contributed by atoms with Crippen LogP contribution in [-0.2, 0) is 4.74 Å². The molecule has 0 bridgehead atoms. The fourth-order valence-electron chi connectivity index (χ4n) is 3.16. The van der Waals surface area contributed by atoms with Gasteiger partial charge in [0.15, 0.2) is 11.6 Å². The largest absolute Gasteiger partial charge is 0.371 e. The molecule has 0 radical (unpaired) electrons. The molecule has 6 heteroatoms. The summed E-state index contributed by atoms with van der Waals surface area (Å²) in [6.07, 6.45) is 0.389. The molecule has 4 rings (SSSR count). The molecular formula is C19H17F2N3O. The Balaban J connectivity index is 1.63. The van der Waals surface area contributed by atoms with Crippen molar-refractivity contribution >= 4 is 16.9 Å². The topological polar surface area (TPSA) is 47.0 Å². The Hall–Kier alpha value is -2.60. The lowest BCUT2D eigenvalue weighted by atomic mass is 10.0. The Labute approximate surface area is 143 Å². The lowest BCUT2D eigenvalue weighted by Gasteiger charge is -2.21. The Bertz CT molecular complexity index is 932. The van der Waals surface area contributed by atoms with Gasteiger partial charge in [0.1, 0.15) is 11.9 Å². The maximum absolute atomic E-state index is 13.6. The molecule has 1 saturated heterocycles. The zero-order chi connectivity index (χ0) is 17.4. The Morgan fingerprint density at radius 1 is 1.04 bits per heavy atom. The van der Waals surface area contributed by atoms with Crippen LogP contribution in [0.25, 0.3) is 11.0 Å². The number of benzene rings is 2. The fourth-order valence-corrected chi connectivity index (χ4v) is 3.16. The quantitative estimate of drug-likeness (QED) is 0.777. The van der Waals surface area contributed by atoms with E-state index in [0.29, 0.717) is 18.0 Å². The number of nitrogens with one attached hydrogen (secondary N) is 1. The Morgan fingerprint density at radius 3 is 2.56 bits per heavy atom. The molecule has 1 aliphatic rings. The van der Waals surface area contributed by atoms with Crippen LogP contribution >= 0.6 is 0 Å². The Morgan fingerprint density at radius 2 is 1.80 bits per heavy atom. The molecule has 2 aromatic carbocycles. The van der Waals surface area contributed by atoms with Crippen molar-refractivity contribution in [3.05, 3.63) is 65.4 Å². The highest BCUT2D eigenvalue weighted by Crippen LogP contribution is 2.32. The van der Waals surface area contributed by atoms with Crippen molar-refractivity contribution in [2.24, 2.45) is 0 Å². The van der Waals surface area contributed by atoms with Gasteiger partial charge >= 0.3 is 0 Å². The summed E-state index contributed by atoms with van der Waals surface area (Å²) < 4.78 is 32.5. The second kappa shape index (κ2) is 6.37. The highest BCUT2D eigenvalue weighted by Gasteiger charge is 2.31. The minimum atomic E-state index is -0.867. The van der Waals surface area contributed by atoms with E-state index in [1.54, 1.807) is 6.07 Å². The third-order valence-electron chi connectivity index (χ3n) is 4.43. The summed E-state index contributed by atoms with van der Waals surface area (Å²) in [5.74, 6) is -1.04. The number of aryl methyl sites for hydroxylation is 1. The summed E-state index contributed by atoms with van der Waals surface area (Å²) in [5.41, 5.74) is 3.04. The van der Waals surface area contributed by atoms with E-state index in [0.717, 1.165) is 29.2 Å². The van der Waals surface area contributed by atoms with E-state index in [4.69, 9.17) is 4.74 Å². The lowest BCUT2D eigenvalue weighted by molar-refractivity contribution is 0.107. The predicted octanol–water partition coefficient (Wildman–Crippen LogP) is 4.16. The molecule has 1 fully saturated rings. The lowest BCUT2D eigenvalue weighted by Crippen LogP contribution is -2.24. The molecule has 3 aromatic rings. The number of para-hydroxylation sites is 2. The number of aromatic nitrogens is 2. The van der Waals surface area contributed by atoms with Gasteiger partial charge in [0.05, 0.1) is 22.8 Å². The van der Waals surface area contributed by atoms with E-state index in [-0.39, 0.29) is 12.1 Å². The fraction of sp³-hybridized carbons (Fsp3) is 0.263. The highest BCUT2D eigenvalue weighted by atomic mass is 19.2. The molecule has 4 nitrogen and oxygen atoms in total. The molecule has 0 saturated carbocycles. The molecule has 1 aliphatic heterocycles. The number of hydrogen-bond donors (Lipinski definition) is 1. The minimum absolute atomic E-state index is 0.0842. The smallest absolute Gasteiger partial charge is 0.159 e. The van der Waals surface area contributed by atoms with E-state index >= 15 is 0 Å². The van der Waals surface area contributed by atoms with Gasteiger partial charge in [0.25, 0.3) is 0 Å². The number of halogens is 2. The van der Waals surface area contributed by atoms with Crippen LogP contribution < -0.4 is 5.32 Å². The van der Waals surface area contributed by atoms with Gasteiger partial charge in [-0.3, -0.25) is 0 Å². The third kappa shape index (κ3) is 3.05. The van der Waals surface area contributed by atoms with Crippen LogP contribution in [0.3, 0.4) is 0 Å². The van der Waals surface area contributed by atoms with Gasteiger partial charge in [-0.25, -0.2) is 18.7 Å². The summed E-state index contributed by atoms with van der Waals surface area (Å²) in [6, 6.07) is 11.5. The first-order valence-corrected chi connectivity index (χ1v) is 8.18. The van der Waals surface area contributed by atoms with E-state index in [9.17, 15) is 8.78 Å². The molecule has 128 valence electrons. The number of rotatable bonds is 3. The van der Waals surface area contributed by atoms with Gasteiger partial charge in [0.2, 0.25) is 0 Å². The van der Waals surface area contributed by atoms with E-state index in [1.165, 1.54) is 6.07 Å². The van der Waals surface area contributed by atoms with Crippen molar-refractivity contribution < 1.29 is 13.5 Å². The molecule has 1 N–H and O–H groups in total. The second-order valence-electron chi connectivity index (χ2n) is 6.15. The molecule has 2 heterocycles. The van der Waals surface area contributed by atoms with Crippen molar-refractivity contribution in [3.63, 3.8) is 0 Å². The van der Waals surface area contributed by atoms with Crippen LogP contribution in [-0.4, -0.2) is 22.6 Å². The van der Waals surface area contributed by atoms with Crippen molar-refractivity contribution in [3.8, 4) is 0 Å². The molecule has 2 atom stereocenters. The van der Waals surface area contributed by atoms with Gasteiger partial charge in [0, 0.05) is 6.61 Å². The molecule has 0 amide bonds. The second-order valence-corrected chi connectivity index (χ2v) is 6.15. The molecule has 1 aromatic heterocycles. The summed E-state index contributed by atoms with van der Waals surface area (Å²) in [7, 11) is 0. The van der Waals surface area contributed by atoms with Crippen LogP contribution in [0.1, 0.15) is 23.8 Å². The van der Waals surface area contributed by atoms with Gasteiger partial charge in [-0.05, 0) is 43.2 Å². The first kappa shape index (κ1) is 15.9. The number of hydrogen-bond acceptors (Lipinski definition) is 4. The highest BCUT2D eigenvalue weighted by molar-refractivity contribution is 5.76. The van der Waals surface area contributed by atoms with Crippen molar-refractivity contribution in [2.45, 2.75) is 25.5 Å². The van der Waals surface area contributed by atoms with Gasteiger partial charge < -0.3 is 10.1 Å². The molecule has 0 spiro atoms. The van der Waals surface area contributed by atoms with Gasteiger partial charge in [-0.1, -0.05) is 18.2 Å². The van der Waals surface area contributed by atoms with Crippen molar-refractivity contribution in [1.29, 1.82) is 0 Å². The summed E-state index contributed by atoms with van der Waals surface area (Å²) in [4.78, 5) is 9.20. The monoisotopic (exact) mass is 341 g/mol. The average molecular weight is 341 g/mol. The van der Waals surface area contributed by atoms with Gasteiger partial charge in [-0.15, -0.1) is 0 Å². The zero-order valence-corrected chi connectivity index (χ0v) is 13.7. The first-order valence-electron chi connectivity index (χ1n) is 8.18. The average Bonchev–Trinajstić information content (AvgIpc) is 3.06. The van der Waals surface area contributed by atoms with Crippen molar-refractivity contribution in [2.75, 3.05) is 11.9 Å². The molecule has 2 unspecified atom stereocenters. The SMILES string of the molecule is Cc1nc2ccccc2nc1NC1CCOC1c1ccc(F)c(F)c1. The Kier molecular flexibility index (Phi) is 4.05. The van der Waals surface area contributed by atoms with Crippen LogP contribution in [0.2, 0.25) is 0 Å². The molecular weight excluding hydrogens is 324 g/mol. The number of anilines is 1. The third-order valence-corrected chi connectivity index (χ3v) is 4.43. The zero-order valence-electron chi connectivity index (χ0n) is 13.7.